The fraction of sp³-hybridized carbons (Fsp3) is 0.467. The first-order valence-corrected chi connectivity index (χ1v) is 12.4. The average Bonchev–Trinajstić information content (AvgIpc) is 2.79. The molecule has 0 unspecified atom stereocenters. The van der Waals surface area contributed by atoms with Crippen LogP contribution in [0.5, 0.6) is 0 Å². The molecule has 0 aromatic heterocycles. The fourth-order valence-corrected chi connectivity index (χ4v) is 3.91. The van der Waals surface area contributed by atoms with Crippen LogP contribution in [0.1, 0.15) is 96.1 Å². The molecule has 0 saturated carbocycles. The van der Waals surface area contributed by atoms with Crippen LogP contribution in [0, 0.1) is 0 Å². The maximum absolute atomic E-state index is 2.39. The second-order valence-electron chi connectivity index (χ2n) is 9.25. The van der Waals surface area contributed by atoms with Crippen molar-refractivity contribution in [2.75, 3.05) is 0 Å². The third-order valence-corrected chi connectivity index (χ3v) is 6.05. The SMILES string of the molecule is CCCCCCCCCCCC(C)(C)N(/C=C/c1ccccc1)/C=C/c1ccccc1. The Labute approximate surface area is 191 Å². The van der Waals surface area contributed by atoms with Crippen molar-refractivity contribution in [2.24, 2.45) is 0 Å². The summed E-state index contributed by atoms with van der Waals surface area (Å²) in [5.74, 6) is 0. The summed E-state index contributed by atoms with van der Waals surface area (Å²) in [5, 5.41) is 0. The molecule has 2 aromatic rings. The molecule has 0 amide bonds. The highest BCUT2D eigenvalue weighted by atomic mass is 15.2. The minimum Gasteiger partial charge on any atom is -0.349 e. The van der Waals surface area contributed by atoms with Crippen LogP contribution < -0.4 is 0 Å². The number of unbranched alkanes of at least 4 members (excludes halogenated alkanes) is 8. The van der Waals surface area contributed by atoms with Crippen LogP contribution in [-0.2, 0) is 0 Å². The zero-order valence-electron chi connectivity index (χ0n) is 20.1. The maximum Gasteiger partial charge on any atom is 0.0383 e. The molecule has 2 aromatic carbocycles. The summed E-state index contributed by atoms with van der Waals surface area (Å²) < 4.78 is 0. The lowest BCUT2D eigenvalue weighted by Crippen LogP contribution is -2.36. The van der Waals surface area contributed by atoms with Crippen molar-refractivity contribution in [1.82, 2.24) is 4.90 Å². The minimum absolute atomic E-state index is 0.0810. The molecule has 31 heavy (non-hydrogen) atoms. The Balaban J connectivity index is 1.90. The summed E-state index contributed by atoms with van der Waals surface area (Å²) in [4.78, 5) is 2.39. The van der Waals surface area contributed by atoms with Gasteiger partial charge in [-0.05, 0) is 43.5 Å². The van der Waals surface area contributed by atoms with Gasteiger partial charge < -0.3 is 4.90 Å². The van der Waals surface area contributed by atoms with Crippen molar-refractivity contribution in [2.45, 2.75) is 90.5 Å². The Hall–Kier alpha value is -2.28. The second-order valence-corrected chi connectivity index (χ2v) is 9.25. The van der Waals surface area contributed by atoms with E-state index in [0.29, 0.717) is 0 Å². The minimum atomic E-state index is 0.0810. The van der Waals surface area contributed by atoms with Crippen molar-refractivity contribution in [3.05, 3.63) is 84.2 Å². The van der Waals surface area contributed by atoms with Crippen LogP contribution in [0.3, 0.4) is 0 Å². The number of rotatable bonds is 15. The van der Waals surface area contributed by atoms with E-state index in [4.69, 9.17) is 0 Å². The summed E-state index contributed by atoms with van der Waals surface area (Å²) in [7, 11) is 0. The smallest absolute Gasteiger partial charge is 0.0383 e. The third-order valence-electron chi connectivity index (χ3n) is 6.05. The summed E-state index contributed by atoms with van der Waals surface area (Å²) >= 11 is 0. The number of benzene rings is 2. The van der Waals surface area contributed by atoms with Gasteiger partial charge in [0.25, 0.3) is 0 Å². The quantitative estimate of drug-likeness (QED) is 0.261. The lowest BCUT2D eigenvalue weighted by atomic mass is 9.94. The molecule has 0 fully saturated rings. The van der Waals surface area contributed by atoms with Crippen LogP contribution in [0.15, 0.2) is 73.1 Å². The summed E-state index contributed by atoms with van der Waals surface area (Å²) in [6.07, 6.45) is 22.5. The molecular formula is C30H43N. The average molecular weight is 418 g/mol. The molecule has 2 rings (SSSR count). The topological polar surface area (TPSA) is 3.24 Å². The van der Waals surface area contributed by atoms with E-state index in [1.165, 1.54) is 75.3 Å². The molecule has 168 valence electrons. The van der Waals surface area contributed by atoms with Gasteiger partial charge in [-0.1, -0.05) is 125 Å². The van der Waals surface area contributed by atoms with Crippen LogP contribution in [-0.4, -0.2) is 10.4 Å². The highest BCUT2D eigenvalue weighted by molar-refractivity contribution is 5.51. The molecule has 0 aliphatic carbocycles. The van der Waals surface area contributed by atoms with E-state index in [-0.39, 0.29) is 5.54 Å². The van der Waals surface area contributed by atoms with Gasteiger partial charge in [0.15, 0.2) is 0 Å². The van der Waals surface area contributed by atoms with Crippen LogP contribution in [0.25, 0.3) is 12.2 Å². The van der Waals surface area contributed by atoms with E-state index in [1.807, 2.05) is 0 Å². The lowest BCUT2D eigenvalue weighted by Gasteiger charge is -2.36. The molecule has 0 radical (unpaired) electrons. The molecule has 0 bridgehead atoms. The van der Waals surface area contributed by atoms with Gasteiger partial charge in [-0.2, -0.15) is 0 Å². The van der Waals surface area contributed by atoms with Gasteiger partial charge in [-0.15, -0.1) is 0 Å². The first kappa shape index (κ1) is 25.0. The summed E-state index contributed by atoms with van der Waals surface area (Å²) in [6.45, 7) is 7.01. The van der Waals surface area contributed by atoms with Gasteiger partial charge in [0.2, 0.25) is 0 Å². The second kappa shape index (κ2) is 14.7. The Bertz CT molecular complexity index is 693. The molecule has 0 N–H and O–H groups in total. The van der Waals surface area contributed by atoms with Crippen molar-refractivity contribution in [1.29, 1.82) is 0 Å². The molecule has 0 aliphatic heterocycles. The molecule has 0 atom stereocenters. The highest BCUT2D eigenvalue weighted by Gasteiger charge is 2.22. The first-order valence-electron chi connectivity index (χ1n) is 12.4. The summed E-state index contributed by atoms with van der Waals surface area (Å²) in [6, 6.07) is 21.1. The number of nitrogens with zero attached hydrogens (tertiary/aromatic N) is 1. The maximum atomic E-state index is 2.39. The predicted octanol–water partition coefficient (Wildman–Crippen LogP) is 9.33. The van der Waals surface area contributed by atoms with Crippen molar-refractivity contribution >= 4 is 12.2 Å². The van der Waals surface area contributed by atoms with E-state index < -0.39 is 0 Å². The Morgan fingerprint density at radius 1 is 0.613 bits per heavy atom. The largest absolute Gasteiger partial charge is 0.349 e. The number of hydrogen-bond acceptors (Lipinski definition) is 1. The van der Waals surface area contributed by atoms with Crippen molar-refractivity contribution in [3.8, 4) is 0 Å². The van der Waals surface area contributed by atoms with Gasteiger partial charge in [-0.25, -0.2) is 0 Å². The van der Waals surface area contributed by atoms with Crippen LogP contribution >= 0.6 is 0 Å². The third kappa shape index (κ3) is 10.5. The van der Waals surface area contributed by atoms with Gasteiger partial charge in [0, 0.05) is 17.9 Å². The van der Waals surface area contributed by atoms with Gasteiger partial charge in [0.05, 0.1) is 0 Å². The van der Waals surface area contributed by atoms with Crippen LogP contribution in [0.4, 0.5) is 0 Å². The van der Waals surface area contributed by atoms with E-state index in [2.05, 4.69) is 111 Å². The number of hydrogen-bond donors (Lipinski definition) is 0. The van der Waals surface area contributed by atoms with E-state index in [1.54, 1.807) is 0 Å². The first-order chi connectivity index (χ1) is 15.1. The normalized spacial score (nSPS) is 12.1. The van der Waals surface area contributed by atoms with E-state index in [9.17, 15) is 0 Å². The molecule has 0 spiro atoms. The molecule has 1 nitrogen and oxygen atoms in total. The molecule has 1 heteroatoms. The van der Waals surface area contributed by atoms with E-state index in [0.717, 1.165) is 0 Å². The molecule has 0 aliphatic rings. The monoisotopic (exact) mass is 417 g/mol. The van der Waals surface area contributed by atoms with Gasteiger partial charge >= 0.3 is 0 Å². The standard InChI is InChI=1S/C30H43N/c1-4-5-6-7-8-9-10-11-18-25-30(2,3)31(26-23-28-19-14-12-15-20-28)27-24-29-21-16-13-17-22-29/h12-17,19-24,26-27H,4-11,18,25H2,1-3H3/b26-23+,27-24+. The highest BCUT2D eigenvalue weighted by Crippen LogP contribution is 2.25. The predicted molar refractivity (Wildman–Crippen MR) is 139 cm³/mol. The van der Waals surface area contributed by atoms with E-state index >= 15 is 0 Å². The summed E-state index contributed by atoms with van der Waals surface area (Å²) in [5.41, 5.74) is 2.55. The van der Waals surface area contributed by atoms with Crippen molar-refractivity contribution in [3.63, 3.8) is 0 Å². The molecule has 0 heterocycles. The fourth-order valence-electron chi connectivity index (χ4n) is 3.91. The van der Waals surface area contributed by atoms with Crippen molar-refractivity contribution < 1.29 is 0 Å². The zero-order chi connectivity index (χ0) is 22.2. The van der Waals surface area contributed by atoms with Gasteiger partial charge in [-0.3, -0.25) is 0 Å². The Morgan fingerprint density at radius 2 is 1.03 bits per heavy atom. The van der Waals surface area contributed by atoms with Gasteiger partial charge in [0.1, 0.15) is 0 Å². The Morgan fingerprint density at radius 3 is 1.48 bits per heavy atom. The zero-order valence-corrected chi connectivity index (χ0v) is 20.1. The molecule has 0 saturated heterocycles. The van der Waals surface area contributed by atoms with Crippen LogP contribution in [0.2, 0.25) is 0 Å². The Kier molecular flexibility index (Phi) is 11.8. The molecular weight excluding hydrogens is 374 g/mol. The lowest BCUT2D eigenvalue weighted by molar-refractivity contribution is 0.231.